The summed E-state index contributed by atoms with van der Waals surface area (Å²) in [4.78, 5) is 4.30. The highest BCUT2D eigenvalue weighted by atomic mass is 79.9. The normalized spacial score (nSPS) is 10.4. The monoisotopic (exact) mass is 300 g/mol. The molecule has 1 aromatic heterocycles. The summed E-state index contributed by atoms with van der Waals surface area (Å²) in [6.07, 6.45) is 0. The zero-order valence-electron chi connectivity index (χ0n) is 8.63. The van der Waals surface area contributed by atoms with E-state index in [1.165, 1.54) is 6.07 Å². The minimum Gasteiger partial charge on any atom is -0.376 e. The average molecular weight is 301 g/mol. The van der Waals surface area contributed by atoms with E-state index in [0.717, 1.165) is 15.2 Å². The number of benzene rings is 1. The molecule has 84 valence electrons. The van der Waals surface area contributed by atoms with Crippen molar-refractivity contribution in [3.05, 3.63) is 44.6 Å². The van der Waals surface area contributed by atoms with E-state index in [4.69, 9.17) is 0 Å². The van der Waals surface area contributed by atoms with Crippen molar-refractivity contribution in [2.75, 3.05) is 5.32 Å². The summed E-state index contributed by atoms with van der Waals surface area (Å²) < 4.78 is 14.2. The Labute approximate surface area is 106 Å². The smallest absolute Gasteiger partial charge is 0.146 e. The van der Waals surface area contributed by atoms with Gasteiger partial charge in [0.25, 0.3) is 0 Å². The molecule has 2 nitrogen and oxygen atoms in total. The van der Waals surface area contributed by atoms with Crippen LogP contribution in [-0.2, 0) is 6.54 Å². The molecule has 0 saturated heterocycles. The molecule has 2 aromatic rings. The maximum Gasteiger partial charge on any atom is 0.146 e. The number of thiazole rings is 1. The second-order valence-corrected chi connectivity index (χ2v) is 5.22. The molecule has 0 saturated carbocycles. The van der Waals surface area contributed by atoms with Crippen LogP contribution in [0.2, 0.25) is 0 Å². The third-order valence-electron chi connectivity index (χ3n) is 2.03. The Balaban J connectivity index is 2.07. The van der Waals surface area contributed by atoms with Crippen molar-refractivity contribution in [1.82, 2.24) is 4.98 Å². The number of aryl methyl sites for hydroxylation is 1. The largest absolute Gasteiger partial charge is 0.376 e. The lowest BCUT2D eigenvalue weighted by atomic mass is 10.3. The summed E-state index contributed by atoms with van der Waals surface area (Å²) in [6.45, 7) is 2.49. The number of anilines is 1. The lowest BCUT2D eigenvalue weighted by molar-refractivity contribution is 0.630. The van der Waals surface area contributed by atoms with Crippen molar-refractivity contribution in [2.45, 2.75) is 13.5 Å². The highest BCUT2D eigenvalue weighted by molar-refractivity contribution is 9.10. The maximum absolute atomic E-state index is 13.4. The Bertz CT molecular complexity index is 498. The second-order valence-electron chi connectivity index (χ2n) is 3.36. The predicted octanol–water partition coefficient (Wildman–Crippen LogP) is 3.97. The fraction of sp³-hybridized carbons (Fsp3) is 0.182. The van der Waals surface area contributed by atoms with Crippen molar-refractivity contribution >= 4 is 33.0 Å². The van der Waals surface area contributed by atoms with Crippen LogP contribution >= 0.6 is 27.3 Å². The Hall–Kier alpha value is -0.940. The van der Waals surface area contributed by atoms with Crippen molar-refractivity contribution < 1.29 is 4.39 Å². The van der Waals surface area contributed by atoms with Gasteiger partial charge in [0.05, 0.1) is 12.2 Å². The van der Waals surface area contributed by atoms with Crippen LogP contribution in [0.5, 0.6) is 0 Å². The second kappa shape index (κ2) is 4.93. The van der Waals surface area contributed by atoms with E-state index in [1.807, 2.05) is 12.3 Å². The van der Waals surface area contributed by atoms with E-state index in [1.54, 1.807) is 23.5 Å². The van der Waals surface area contributed by atoms with E-state index in [0.29, 0.717) is 12.2 Å². The number of aromatic nitrogens is 1. The maximum atomic E-state index is 13.4. The van der Waals surface area contributed by atoms with E-state index < -0.39 is 0 Å². The highest BCUT2D eigenvalue weighted by Crippen LogP contribution is 2.21. The minimum absolute atomic E-state index is 0.253. The van der Waals surface area contributed by atoms with Gasteiger partial charge in [0.15, 0.2) is 0 Å². The molecule has 0 atom stereocenters. The summed E-state index contributed by atoms with van der Waals surface area (Å²) in [5.74, 6) is -0.253. The molecule has 0 spiro atoms. The predicted molar refractivity (Wildman–Crippen MR) is 68.3 cm³/mol. The molecule has 1 aromatic carbocycles. The molecule has 16 heavy (non-hydrogen) atoms. The average Bonchev–Trinajstić information content (AvgIpc) is 2.66. The zero-order valence-corrected chi connectivity index (χ0v) is 11.0. The number of nitrogens with one attached hydrogen (secondary N) is 1. The quantitative estimate of drug-likeness (QED) is 0.928. The molecule has 0 amide bonds. The lowest BCUT2D eigenvalue weighted by Crippen LogP contribution is -2.01. The molecule has 5 heteroatoms. The molecule has 1 N–H and O–H groups in total. The van der Waals surface area contributed by atoms with Crippen LogP contribution in [0.15, 0.2) is 28.1 Å². The fourth-order valence-corrected chi connectivity index (χ4v) is 2.36. The number of halogens is 2. The molecule has 0 radical (unpaired) electrons. The van der Waals surface area contributed by atoms with Gasteiger partial charge in [-0.25, -0.2) is 9.37 Å². The van der Waals surface area contributed by atoms with Crippen LogP contribution in [0.4, 0.5) is 10.1 Å². The summed E-state index contributed by atoms with van der Waals surface area (Å²) in [6, 6.07) is 4.82. The molecule has 0 aliphatic rings. The number of rotatable bonds is 3. The van der Waals surface area contributed by atoms with Gasteiger partial charge < -0.3 is 5.32 Å². The van der Waals surface area contributed by atoms with Crippen molar-refractivity contribution in [3.63, 3.8) is 0 Å². The van der Waals surface area contributed by atoms with Gasteiger partial charge in [0.1, 0.15) is 10.8 Å². The lowest BCUT2D eigenvalue weighted by Gasteiger charge is -2.05. The van der Waals surface area contributed by atoms with E-state index in [9.17, 15) is 4.39 Å². The van der Waals surface area contributed by atoms with Crippen LogP contribution in [0.25, 0.3) is 0 Å². The van der Waals surface area contributed by atoms with Crippen molar-refractivity contribution in [2.24, 2.45) is 0 Å². The molecule has 0 aliphatic heterocycles. The molecule has 1 heterocycles. The first-order chi connectivity index (χ1) is 7.65. The van der Waals surface area contributed by atoms with Gasteiger partial charge in [-0.2, -0.15) is 0 Å². The number of nitrogens with zero attached hydrogens (tertiary/aromatic N) is 1. The zero-order chi connectivity index (χ0) is 11.5. The summed E-state index contributed by atoms with van der Waals surface area (Å²) in [5.41, 5.74) is 1.48. The van der Waals surface area contributed by atoms with Crippen molar-refractivity contribution in [1.29, 1.82) is 0 Å². The molecule has 0 bridgehead atoms. The van der Waals surface area contributed by atoms with Crippen molar-refractivity contribution in [3.8, 4) is 0 Å². The summed E-state index contributed by atoms with van der Waals surface area (Å²) in [7, 11) is 0. The summed E-state index contributed by atoms with van der Waals surface area (Å²) in [5, 5.41) is 5.96. The van der Waals surface area contributed by atoms with Gasteiger partial charge in [-0.15, -0.1) is 11.3 Å². The van der Waals surface area contributed by atoms with E-state index in [-0.39, 0.29) is 5.82 Å². The first kappa shape index (κ1) is 11.5. The van der Waals surface area contributed by atoms with Crippen LogP contribution < -0.4 is 5.32 Å². The van der Waals surface area contributed by atoms with Gasteiger partial charge in [-0.3, -0.25) is 0 Å². The third kappa shape index (κ3) is 2.80. The van der Waals surface area contributed by atoms with Gasteiger partial charge in [-0.1, -0.05) is 15.9 Å². The highest BCUT2D eigenvalue weighted by Gasteiger charge is 2.03. The Morgan fingerprint density at radius 1 is 1.50 bits per heavy atom. The standard InChI is InChI=1S/C11H10BrFN2S/c1-7-6-16-11(15-7)5-14-10-4-8(12)2-3-9(10)13/h2-4,6,14H,5H2,1H3. The van der Waals surface area contributed by atoms with Crippen LogP contribution in [-0.4, -0.2) is 4.98 Å². The number of hydrogen-bond donors (Lipinski definition) is 1. The Morgan fingerprint density at radius 2 is 2.31 bits per heavy atom. The fourth-order valence-electron chi connectivity index (χ4n) is 1.29. The summed E-state index contributed by atoms with van der Waals surface area (Å²) >= 11 is 4.88. The van der Waals surface area contributed by atoms with Gasteiger partial charge in [0.2, 0.25) is 0 Å². The molecular formula is C11H10BrFN2S. The Kier molecular flexibility index (Phi) is 3.56. The topological polar surface area (TPSA) is 24.9 Å². The Morgan fingerprint density at radius 3 is 3.00 bits per heavy atom. The first-order valence-corrected chi connectivity index (χ1v) is 6.42. The number of hydrogen-bond acceptors (Lipinski definition) is 3. The third-order valence-corrected chi connectivity index (χ3v) is 3.48. The minimum atomic E-state index is -0.253. The van der Waals surface area contributed by atoms with E-state index in [2.05, 4.69) is 26.2 Å². The van der Waals surface area contributed by atoms with Crippen LogP contribution in [0, 0.1) is 12.7 Å². The van der Waals surface area contributed by atoms with Gasteiger partial charge in [-0.05, 0) is 25.1 Å². The van der Waals surface area contributed by atoms with E-state index >= 15 is 0 Å². The SMILES string of the molecule is Cc1csc(CNc2cc(Br)ccc2F)n1. The molecule has 0 aliphatic carbocycles. The molecule has 0 fully saturated rings. The van der Waals surface area contributed by atoms with Crippen LogP contribution in [0.1, 0.15) is 10.7 Å². The van der Waals surface area contributed by atoms with Gasteiger partial charge in [0, 0.05) is 15.5 Å². The molecule has 2 rings (SSSR count). The molecule has 0 unspecified atom stereocenters. The van der Waals surface area contributed by atoms with Gasteiger partial charge >= 0.3 is 0 Å². The van der Waals surface area contributed by atoms with Crippen LogP contribution in [0.3, 0.4) is 0 Å². The first-order valence-electron chi connectivity index (χ1n) is 4.75. The molecular weight excluding hydrogens is 291 g/mol.